The van der Waals surface area contributed by atoms with Crippen LogP contribution < -0.4 is 4.90 Å². The third-order valence-electron chi connectivity index (χ3n) is 3.74. The van der Waals surface area contributed by atoms with Gasteiger partial charge in [-0.3, -0.25) is 0 Å². The highest BCUT2D eigenvalue weighted by atomic mass is 16.5. The van der Waals surface area contributed by atoms with Crippen molar-refractivity contribution in [1.82, 2.24) is 15.4 Å². The average Bonchev–Trinajstić information content (AvgIpc) is 3.13. The van der Waals surface area contributed by atoms with E-state index in [1.54, 1.807) is 0 Å². The fourth-order valence-electron chi connectivity index (χ4n) is 2.67. The number of aryl methyl sites for hydroxylation is 2. The van der Waals surface area contributed by atoms with Crippen LogP contribution in [0.2, 0.25) is 0 Å². The second kappa shape index (κ2) is 5.85. The van der Waals surface area contributed by atoms with Crippen LogP contribution in [-0.2, 0) is 12.8 Å². The van der Waals surface area contributed by atoms with Crippen LogP contribution in [0.3, 0.4) is 0 Å². The number of aliphatic hydroxyl groups excluding tert-OH is 1. The molecule has 1 aliphatic heterocycles. The van der Waals surface area contributed by atoms with Gasteiger partial charge in [-0.1, -0.05) is 17.2 Å². The van der Waals surface area contributed by atoms with Gasteiger partial charge in [-0.15, -0.1) is 5.10 Å². The van der Waals surface area contributed by atoms with Crippen LogP contribution in [0.1, 0.15) is 30.7 Å². The molecule has 114 valence electrons. The molecule has 0 aliphatic carbocycles. The molecule has 2 aromatic heterocycles. The van der Waals surface area contributed by atoms with Gasteiger partial charge in [-0.2, -0.15) is 0 Å². The van der Waals surface area contributed by atoms with E-state index in [1.165, 1.54) is 0 Å². The van der Waals surface area contributed by atoms with E-state index in [0.717, 1.165) is 24.3 Å². The van der Waals surface area contributed by atoms with E-state index in [0.29, 0.717) is 31.4 Å². The highest BCUT2D eigenvalue weighted by molar-refractivity contribution is 5.28. The lowest BCUT2D eigenvalue weighted by Gasteiger charge is -2.11. The van der Waals surface area contributed by atoms with Crippen molar-refractivity contribution in [1.29, 1.82) is 0 Å². The summed E-state index contributed by atoms with van der Waals surface area (Å²) in [6, 6.07) is 2.40. The van der Waals surface area contributed by atoms with E-state index in [2.05, 4.69) is 22.3 Å². The van der Waals surface area contributed by atoms with Crippen molar-refractivity contribution in [3.05, 3.63) is 23.4 Å². The quantitative estimate of drug-likeness (QED) is 0.890. The summed E-state index contributed by atoms with van der Waals surface area (Å²) < 4.78 is 10.8. The van der Waals surface area contributed by atoms with Crippen molar-refractivity contribution in [3.63, 3.8) is 0 Å². The highest BCUT2D eigenvalue weighted by Gasteiger charge is 2.34. The fraction of sp³-hybridized carbons (Fsp3) is 0.643. The fourth-order valence-corrected chi connectivity index (χ4v) is 2.67. The molecule has 0 radical (unpaired) electrons. The molecule has 0 saturated carbocycles. The second-order valence-corrected chi connectivity index (χ2v) is 5.60. The van der Waals surface area contributed by atoms with Crippen LogP contribution in [0, 0.1) is 12.8 Å². The molecule has 2 aromatic rings. The third kappa shape index (κ3) is 3.07. The first-order chi connectivity index (χ1) is 10.2. The first-order valence-electron chi connectivity index (χ1n) is 7.33. The third-order valence-corrected chi connectivity index (χ3v) is 3.74. The zero-order valence-electron chi connectivity index (χ0n) is 12.3. The molecular formula is C14H20N4O3. The van der Waals surface area contributed by atoms with Gasteiger partial charge < -0.3 is 18.9 Å². The van der Waals surface area contributed by atoms with E-state index in [4.69, 9.17) is 8.94 Å². The maximum absolute atomic E-state index is 10.2. The number of aliphatic hydroxyl groups is 1. The molecule has 2 atom stereocenters. The number of hydrogen-bond acceptors (Lipinski definition) is 7. The SMILES string of the molecule is CCCc1nnc(N2C[C@@H](Cc3cc(C)no3)[C@@H](O)C2)o1. The van der Waals surface area contributed by atoms with Gasteiger partial charge in [-0.05, 0) is 13.3 Å². The largest absolute Gasteiger partial charge is 0.408 e. The Bertz CT molecular complexity index is 595. The molecule has 3 rings (SSSR count). The van der Waals surface area contributed by atoms with Crippen LogP contribution in [0.5, 0.6) is 0 Å². The topological polar surface area (TPSA) is 88.4 Å². The number of β-amino-alcohol motifs (C(OH)–C–C–N with tert-alkyl or cyclic N) is 1. The minimum atomic E-state index is -0.433. The van der Waals surface area contributed by atoms with Gasteiger partial charge in [0.2, 0.25) is 5.89 Å². The maximum atomic E-state index is 10.2. The number of anilines is 1. The van der Waals surface area contributed by atoms with Gasteiger partial charge in [0.05, 0.1) is 11.8 Å². The molecule has 1 N–H and O–H groups in total. The van der Waals surface area contributed by atoms with Gasteiger partial charge in [-0.25, -0.2) is 0 Å². The molecule has 3 heterocycles. The van der Waals surface area contributed by atoms with Crippen molar-refractivity contribution < 1.29 is 14.0 Å². The minimum absolute atomic E-state index is 0.0823. The van der Waals surface area contributed by atoms with Crippen LogP contribution in [-0.4, -0.2) is 39.7 Å². The first kappa shape index (κ1) is 14.1. The van der Waals surface area contributed by atoms with Crippen molar-refractivity contribution in [2.24, 2.45) is 5.92 Å². The molecule has 1 saturated heterocycles. The summed E-state index contributed by atoms with van der Waals surface area (Å²) in [5.74, 6) is 1.53. The normalized spacial score (nSPS) is 22.1. The predicted octanol–water partition coefficient (Wildman–Crippen LogP) is 1.36. The van der Waals surface area contributed by atoms with Crippen molar-refractivity contribution >= 4 is 6.01 Å². The zero-order chi connectivity index (χ0) is 14.8. The summed E-state index contributed by atoms with van der Waals surface area (Å²) in [6.45, 7) is 5.14. The summed E-state index contributed by atoms with van der Waals surface area (Å²) in [5, 5.41) is 22.2. The maximum Gasteiger partial charge on any atom is 0.318 e. The molecule has 7 heteroatoms. The minimum Gasteiger partial charge on any atom is -0.408 e. The molecular weight excluding hydrogens is 272 g/mol. The summed E-state index contributed by atoms with van der Waals surface area (Å²) in [6.07, 6.45) is 1.98. The summed E-state index contributed by atoms with van der Waals surface area (Å²) >= 11 is 0. The molecule has 0 aromatic carbocycles. The Hall–Kier alpha value is -1.89. The van der Waals surface area contributed by atoms with E-state index in [9.17, 15) is 5.11 Å². The van der Waals surface area contributed by atoms with Crippen molar-refractivity contribution in [2.75, 3.05) is 18.0 Å². The monoisotopic (exact) mass is 292 g/mol. The Balaban J connectivity index is 1.64. The number of aromatic nitrogens is 3. The van der Waals surface area contributed by atoms with Crippen molar-refractivity contribution in [2.45, 2.75) is 39.2 Å². The number of hydrogen-bond donors (Lipinski definition) is 1. The standard InChI is InChI=1S/C14H20N4O3/c1-3-4-13-15-16-14(20-13)18-7-10(12(19)8-18)6-11-5-9(2)17-21-11/h5,10,12,19H,3-4,6-8H2,1-2H3/t10-,12+/m1/s1. The van der Waals surface area contributed by atoms with Gasteiger partial charge >= 0.3 is 6.01 Å². The number of nitrogens with zero attached hydrogens (tertiary/aromatic N) is 4. The molecule has 0 amide bonds. The van der Waals surface area contributed by atoms with Crippen LogP contribution in [0.4, 0.5) is 6.01 Å². The Kier molecular flexibility index (Phi) is 3.92. The summed E-state index contributed by atoms with van der Waals surface area (Å²) in [5.41, 5.74) is 0.857. The highest BCUT2D eigenvalue weighted by Crippen LogP contribution is 2.26. The van der Waals surface area contributed by atoms with E-state index in [1.807, 2.05) is 17.9 Å². The van der Waals surface area contributed by atoms with E-state index >= 15 is 0 Å². The smallest absolute Gasteiger partial charge is 0.318 e. The van der Waals surface area contributed by atoms with Crippen LogP contribution >= 0.6 is 0 Å². The van der Waals surface area contributed by atoms with E-state index < -0.39 is 6.10 Å². The lowest BCUT2D eigenvalue weighted by Crippen LogP contribution is -2.21. The predicted molar refractivity (Wildman–Crippen MR) is 74.9 cm³/mol. The van der Waals surface area contributed by atoms with Crippen molar-refractivity contribution in [3.8, 4) is 0 Å². The molecule has 21 heavy (non-hydrogen) atoms. The average molecular weight is 292 g/mol. The molecule has 0 unspecified atom stereocenters. The lowest BCUT2D eigenvalue weighted by molar-refractivity contribution is 0.143. The Morgan fingerprint density at radius 2 is 2.24 bits per heavy atom. The van der Waals surface area contributed by atoms with Crippen LogP contribution in [0.25, 0.3) is 0 Å². The summed E-state index contributed by atoms with van der Waals surface area (Å²) in [7, 11) is 0. The van der Waals surface area contributed by atoms with Gasteiger partial charge in [0.15, 0.2) is 0 Å². The van der Waals surface area contributed by atoms with E-state index in [-0.39, 0.29) is 5.92 Å². The van der Waals surface area contributed by atoms with Gasteiger partial charge in [0.1, 0.15) is 5.76 Å². The second-order valence-electron chi connectivity index (χ2n) is 5.60. The molecule has 1 aliphatic rings. The first-order valence-corrected chi connectivity index (χ1v) is 7.33. The molecule has 0 bridgehead atoms. The molecule has 0 spiro atoms. The summed E-state index contributed by atoms with van der Waals surface area (Å²) in [4.78, 5) is 1.94. The number of rotatable bonds is 5. The van der Waals surface area contributed by atoms with Gasteiger partial charge in [0, 0.05) is 37.9 Å². The lowest BCUT2D eigenvalue weighted by atomic mass is 10.0. The Morgan fingerprint density at radius 1 is 1.38 bits per heavy atom. The molecule has 7 nitrogen and oxygen atoms in total. The molecule has 1 fully saturated rings. The zero-order valence-corrected chi connectivity index (χ0v) is 12.3. The van der Waals surface area contributed by atoms with Crippen LogP contribution in [0.15, 0.2) is 15.0 Å². The van der Waals surface area contributed by atoms with Gasteiger partial charge in [0.25, 0.3) is 0 Å². The Morgan fingerprint density at radius 3 is 2.95 bits per heavy atom. The Labute approximate surface area is 122 Å².